The Balaban J connectivity index is 1.62. The Hall–Kier alpha value is -2.13. The largest absolute Gasteiger partial charge is 0.462 e. The molecule has 1 aromatic carbocycles. The van der Waals surface area contributed by atoms with Gasteiger partial charge in [0.25, 0.3) is 0 Å². The monoisotopic (exact) mass is 403 g/mol. The van der Waals surface area contributed by atoms with Crippen LogP contribution in [0.2, 0.25) is 0 Å². The average Bonchev–Trinajstić information content (AvgIpc) is 2.88. The molecule has 0 radical (unpaired) electrons. The highest BCUT2D eigenvalue weighted by Gasteiger charge is 2.50. The lowest BCUT2D eigenvalue weighted by Gasteiger charge is -2.46. The molecule has 2 aromatic rings. The number of ether oxygens (including phenoxy) is 3. The second-order valence-electron chi connectivity index (χ2n) is 8.38. The van der Waals surface area contributed by atoms with Gasteiger partial charge < -0.3 is 34.2 Å². The van der Waals surface area contributed by atoms with Gasteiger partial charge in [-0.3, -0.25) is 0 Å². The molecule has 1 saturated heterocycles. The van der Waals surface area contributed by atoms with Gasteiger partial charge in [-0.05, 0) is 39.0 Å². The molecule has 0 spiro atoms. The number of anilines is 2. The second-order valence-corrected chi connectivity index (χ2v) is 8.38. The van der Waals surface area contributed by atoms with Crippen LogP contribution in [0.1, 0.15) is 20.8 Å². The summed E-state index contributed by atoms with van der Waals surface area (Å²) < 4.78 is 17.1. The number of pyridine rings is 1. The van der Waals surface area contributed by atoms with Crippen LogP contribution in [-0.4, -0.2) is 72.8 Å². The molecule has 2 N–H and O–H groups in total. The van der Waals surface area contributed by atoms with Gasteiger partial charge in [-0.2, -0.15) is 0 Å². The summed E-state index contributed by atoms with van der Waals surface area (Å²) in [5.41, 5.74) is 1.05. The fraction of sp³-hybridized carbons (Fsp3) is 0.571. The van der Waals surface area contributed by atoms with E-state index in [4.69, 9.17) is 19.2 Å². The summed E-state index contributed by atoms with van der Waals surface area (Å²) in [4.78, 5) is 9.12. The topological polar surface area (TPSA) is 87.5 Å². The molecule has 0 aliphatic carbocycles. The van der Waals surface area contributed by atoms with Crippen LogP contribution in [-0.2, 0) is 9.47 Å². The predicted molar refractivity (Wildman–Crippen MR) is 110 cm³/mol. The predicted octanol–water partition coefficient (Wildman–Crippen LogP) is 1.72. The van der Waals surface area contributed by atoms with Gasteiger partial charge in [-0.15, -0.1) is 0 Å². The van der Waals surface area contributed by atoms with E-state index >= 15 is 0 Å². The van der Waals surface area contributed by atoms with Crippen molar-refractivity contribution in [2.75, 3.05) is 31.0 Å². The SMILES string of the molecule is COC1C(O)C(O)C(Oc2ccc3cc4c(nc3c2)N(C)C(C)N4C)OC1(C)C. The van der Waals surface area contributed by atoms with Gasteiger partial charge in [-0.1, -0.05) is 0 Å². The summed E-state index contributed by atoms with van der Waals surface area (Å²) in [5.74, 6) is 1.42. The third kappa shape index (κ3) is 3.20. The van der Waals surface area contributed by atoms with Crippen LogP contribution in [0.15, 0.2) is 24.3 Å². The van der Waals surface area contributed by atoms with Gasteiger partial charge >= 0.3 is 0 Å². The Kier molecular flexibility index (Phi) is 4.85. The molecule has 2 aliphatic heterocycles. The van der Waals surface area contributed by atoms with Gasteiger partial charge in [0.2, 0.25) is 6.29 Å². The van der Waals surface area contributed by atoms with Gasteiger partial charge in [0.1, 0.15) is 24.1 Å². The molecule has 5 atom stereocenters. The van der Waals surface area contributed by atoms with E-state index in [0.717, 1.165) is 22.4 Å². The van der Waals surface area contributed by atoms with Crippen molar-refractivity contribution in [1.82, 2.24) is 4.98 Å². The Morgan fingerprint density at radius 1 is 1.10 bits per heavy atom. The molecule has 1 fully saturated rings. The number of aliphatic hydroxyl groups is 2. The number of hydrogen-bond donors (Lipinski definition) is 2. The van der Waals surface area contributed by atoms with E-state index in [-0.39, 0.29) is 6.17 Å². The van der Waals surface area contributed by atoms with E-state index in [1.165, 1.54) is 7.11 Å². The highest BCUT2D eigenvalue weighted by molar-refractivity contribution is 5.90. The maximum Gasteiger partial charge on any atom is 0.229 e. The molecule has 29 heavy (non-hydrogen) atoms. The lowest BCUT2D eigenvalue weighted by atomic mass is 9.89. The molecular formula is C21H29N3O5. The normalized spacial score (nSPS) is 31.2. The van der Waals surface area contributed by atoms with Crippen LogP contribution < -0.4 is 14.5 Å². The minimum atomic E-state index is -1.24. The smallest absolute Gasteiger partial charge is 0.229 e. The maximum absolute atomic E-state index is 10.5. The zero-order valence-corrected chi connectivity index (χ0v) is 17.7. The number of methoxy groups -OCH3 is 1. The summed E-state index contributed by atoms with van der Waals surface area (Å²) in [6.07, 6.45) is -3.81. The summed E-state index contributed by atoms with van der Waals surface area (Å²) in [7, 11) is 5.56. The molecule has 4 rings (SSSR count). The molecule has 0 bridgehead atoms. The average molecular weight is 403 g/mol. The highest BCUT2D eigenvalue weighted by Crippen LogP contribution is 2.39. The number of hydrogen-bond acceptors (Lipinski definition) is 8. The van der Waals surface area contributed by atoms with Crippen LogP contribution in [0.25, 0.3) is 10.9 Å². The molecule has 8 heteroatoms. The van der Waals surface area contributed by atoms with Crippen LogP contribution in [0, 0.1) is 0 Å². The summed E-state index contributed by atoms with van der Waals surface area (Å²) in [6.45, 7) is 5.72. The zero-order chi connectivity index (χ0) is 21.1. The van der Waals surface area contributed by atoms with Crippen LogP contribution in [0.5, 0.6) is 5.75 Å². The first-order valence-electron chi connectivity index (χ1n) is 9.78. The zero-order valence-electron chi connectivity index (χ0n) is 17.7. The Morgan fingerprint density at radius 2 is 1.83 bits per heavy atom. The van der Waals surface area contributed by atoms with E-state index in [9.17, 15) is 10.2 Å². The number of nitrogens with zero attached hydrogens (tertiary/aromatic N) is 3. The number of aliphatic hydroxyl groups excluding tert-OH is 2. The Labute approximate surface area is 170 Å². The summed E-state index contributed by atoms with van der Waals surface area (Å²) >= 11 is 0. The van der Waals surface area contributed by atoms with Crippen molar-refractivity contribution >= 4 is 22.4 Å². The molecule has 8 nitrogen and oxygen atoms in total. The molecule has 0 saturated carbocycles. The maximum atomic E-state index is 10.5. The van der Waals surface area contributed by atoms with Gasteiger partial charge in [0, 0.05) is 32.7 Å². The quantitative estimate of drug-likeness (QED) is 0.801. The third-order valence-corrected chi connectivity index (χ3v) is 6.13. The fourth-order valence-corrected chi connectivity index (χ4v) is 4.19. The van der Waals surface area contributed by atoms with Gasteiger partial charge in [-0.25, -0.2) is 4.98 Å². The highest BCUT2D eigenvalue weighted by atomic mass is 16.7. The lowest BCUT2D eigenvalue weighted by molar-refractivity contribution is -0.305. The number of aromatic nitrogens is 1. The second kappa shape index (κ2) is 6.98. The van der Waals surface area contributed by atoms with Crippen molar-refractivity contribution < 1.29 is 24.4 Å². The van der Waals surface area contributed by atoms with E-state index in [0.29, 0.717) is 5.75 Å². The number of benzene rings is 1. The van der Waals surface area contributed by atoms with E-state index in [1.54, 1.807) is 13.8 Å². The van der Waals surface area contributed by atoms with E-state index < -0.39 is 30.2 Å². The van der Waals surface area contributed by atoms with Crippen LogP contribution in [0.4, 0.5) is 11.5 Å². The van der Waals surface area contributed by atoms with Crippen molar-refractivity contribution in [3.63, 3.8) is 0 Å². The molecule has 3 heterocycles. The van der Waals surface area contributed by atoms with E-state index in [2.05, 4.69) is 29.8 Å². The van der Waals surface area contributed by atoms with Gasteiger partial charge in [0.05, 0.1) is 23.0 Å². The first kappa shape index (κ1) is 20.2. The van der Waals surface area contributed by atoms with Crippen LogP contribution in [0.3, 0.4) is 0 Å². The minimum Gasteiger partial charge on any atom is -0.462 e. The van der Waals surface area contributed by atoms with Crippen LogP contribution >= 0.6 is 0 Å². The molecule has 158 valence electrons. The number of rotatable bonds is 3. The molecular weight excluding hydrogens is 374 g/mol. The summed E-state index contributed by atoms with van der Waals surface area (Å²) in [6, 6.07) is 7.69. The first-order chi connectivity index (χ1) is 13.6. The molecule has 5 unspecified atom stereocenters. The molecule has 1 aromatic heterocycles. The minimum absolute atomic E-state index is 0.230. The first-order valence-corrected chi connectivity index (χ1v) is 9.78. The van der Waals surface area contributed by atoms with Crippen molar-refractivity contribution in [2.45, 2.75) is 57.1 Å². The van der Waals surface area contributed by atoms with E-state index in [1.807, 2.05) is 25.2 Å². The molecule has 2 aliphatic rings. The third-order valence-electron chi connectivity index (χ3n) is 6.13. The van der Waals surface area contributed by atoms with Gasteiger partial charge in [0.15, 0.2) is 5.82 Å². The fourth-order valence-electron chi connectivity index (χ4n) is 4.19. The Bertz CT molecular complexity index is 921. The van der Waals surface area contributed by atoms with Crippen molar-refractivity contribution in [2.24, 2.45) is 0 Å². The lowest BCUT2D eigenvalue weighted by Crippen LogP contribution is -2.63. The number of fused-ring (bicyclic) bond motifs is 2. The molecule has 0 amide bonds. The van der Waals surface area contributed by atoms with Crippen molar-refractivity contribution in [1.29, 1.82) is 0 Å². The standard InChI is InChI=1S/C21H29N3O5/c1-11-23(4)15-9-12-7-8-13(10-14(12)22-19(15)24(11)5)28-20-17(26)16(25)18(27-6)21(2,3)29-20/h7-11,16-18,20,25-26H,1-6H3. The van der Waals surface area contributed by atoms with Crippen molar-refractivity contribution in [3.8, 4) is 5.75 Å². The summed E-state index contributed by atoms with van der Waals surface area (Å²) in [5, 5.41) is 21.9. The van der Waals surface area contributed by atoms with Crippen molar-refractivity contribution in [3.05, 3.63) is 24.3 Å². The Morgan fingerprint density at radius 3 is 2.52 bits per heavy atom.